The van der Waals surface area contributed by atoms with Gasteiger partial charge < -0.3 is 9.80 Å². The molecule has 1 aliphatic rings. The maximum absolute atomic E-state index is 13.3. The molecule has 0 spiro atoms. The molecule has 0 aliphatic carbocycles. The molecule has 0 aromatic carbocycles. The Bertz CT molecular complexity index is 826. The van der Waals surface area contributed by atoms with E-state index in [1.807, 2.05) is 12.1 Å². The summed E-state index contributed by atoms with van der Waals surface area (Å²) in [4.78, 5) is 20.8. The number of piperazine rings is 1. The molecule has 3 aromatic heterocycles. The van der Waals surface area contributed by atoms with E-state index in [4.69, 9.17) is 0 Å². The molecule has 0 bridgehead atoms. The molecule has 0 N–H and O–H groups in total. The van der Waals surface area contributed by atoms with Crippen molar-refractivity contribution in [3.05, 3.63) is 49.1 Å². The van der Waals surface area contributed by atoms with Gasteiger partial charge in [0.2, 0.25) is 5.95 Å². The van der Waals surface area contributed by atoms with Gasteiger partial charge in [0.1, 0.15) is 12.1 Å². The molecular formula is C16H15FN6. The number of nitrogens with zero attached hydrogens (tertiary/aromatic N) is 6. The molecule has 7 heteroatoms. The van der Waals surface area contributed by atoms with E-state index >= 15 is 0 Å². The Balaban J connectivity index is 1.55. The first-order valence-electron chi connectivity index (χ1n) is 7.47. The molecule has 0 unspecified atom stereocenters. The minimum atomic E-state index is -0.445. The van der Waals surface area contributed by atoms with Gasteiger partial charge in [-0.15, -0.1) is 0 Å². The summed E-state index contributed by atoms with van der Waals surface area (Å²) in [5.41, 5.74) is 1.71. The second kappa shape index (κ2) is 5.75. The minimum absolute atomic E-state index is 0.445. The van der Waals surface area contributed by atoms with Crippen LogP contribution in [0.25, 0.3) is 10.9 Å². The van der Waals surface area contributed by atoms with Crippen LogP contribution in [0.1, 0.15) is 0 Å². The third kappa shape index (κ3) is 2.65. The Hall–Kier alpha value is -2.83. The van der Waals surface area contributed by atoms with E-state index in [1.165, 1.54) is 12.3 Å². The van der Waals surface area contributed by atoms with E-state index in [9.17, 15) is 4.39 Å². The summed E-state index contributed by atoms with van der Waals surface area (Å²) in [5.74, 6) is 0.484. The molecule has 0 saturated carbocycles. The summed E-state index contributed by atoms with van der Waals surface area (Å²) in [6.45, 7) is 3.25. The monoisotopic (exact) mass is 310 g/mol. The standard InChI is InChI=1S/C16H15FN6/c17-15-9-12(1-4-19-15)22-5-7-23(8-6-22)16-13-2-3-18-10-14(13)20-11-21-16/h1-4,9-11H,5-8H2. The van der Waals surface area contributed by atoms with Crippen molar-refractivity contribution in [1.29, 1.82) is 0 Å². The van der Waals surface area contributed by atoms with Crippen molar-refractivity contribution in [2.45, 2.75) is 0 Å². The number of anilines is 2. The van der Waals surface area contributed by atoms with Gasteiger partial charge in [-0.05, 0) is 12.1 Å². The van der Waals surface area contributed by atoms with Gasteiger partial charge >= 0.3 is 0 Å². The Morgan fingerprint density at radius 2 is 1.74 bits per heavy atom. The van der Waals surface area contributed by atoms with Gasteiger partial charge in [-0.25, -0.2) is 15.0 Å². The van der Waals surface area contributed by atoms with Gasteiger partial charge in [0.05, 0.1) is 11.7 Å². The van der Waals surface area contributed by atoms with Crippen LogP contribution in [0.2, 0.25) is 0 Å². The molecule has 3 aromatic rings. The number of fused-ring (bicyclic) bond motifs is 1. The first-order valence-corrected chi connectivity index (χ1v) is 7.47. The summed E-state index contributed by atoms with van der Waals surface area (Å²) < 4.78 is 13.3. The average Bonchev–Trinajstić information content (AvgIpc) is 2.61. The number of pyridine rings is 2. The Labute approximate surface area is 132 Å². The van der Waals surface area contributed by atoms with Gasteiger partial charge in [0.25, 0.3) is 0 Å². The van der Waals surface area contributed by atoms with Crippen molar-refractivity contribution in [1.82, 2.24) is 19.9 Å². The van der Waals surface area contributed by atoms with Crippen LogP contribution < -0.4 is 9.80 Å². The zero-order chi connectivity index (χ0) is 15.6. The highest BCUT2D eigenvalue weighted by Gasteiger charge is 2.20. The van der Waals surface area contributed by atoms with E-state index in [0.29, 0.717) is 0 Å². The smallest absolute Gasteiger partial charge is 0.214 e. The maximum Gasteiger partial charge on any atom is 0.214 e. The fourth-order valence-corrected chi connectivity index (χ4v) is 2.91. The second-order valence-corrected chi connectivity index (χ2v) is 5.40. The van der Waals surface area contributed by atoms with Gasteiger partial charge in [-0.1, -0.05) is 0 Å². The molecule has 1 aliphatic heterocycles. The van der Waals surface area contributed by atoms with Gasteiger partial charge in [0.15, 0.2) is 0 Å². The zero-order valence-corrected chi connectivity index (χ0v) is 12.4. The zero-order valence-electron chi connectivity index (χ0n) is 12.4. The molecule has 6 nitrogen and oxygen atoms in total. The van der Waals surface area contributed by atoms with Crippen LogP contribution in [0.15, 0.2) is 43.1 Å². The Kier molecular flexibility index (Phi) is 3.45. The van der Waals surface area contributed by atoms with Crippen molar-refractivity contribution >= 4 is 22.4 Å². The van der Waals surface area contributed by atoms with Crippen molar-refractivity contribution in [3.63, 3.8) is 0 Å². The van der Waals surface area contributed by atoms with Crippen molar-refractivity contribution in [2.24, 2.45) is 0 Å². The fraction of sp³-hybridized carbons (Fsp3) is 0.250. The lowest BCUT2D eigenvalue weighted by atomic mass is 10.2. The molecule has 4 rings (SSSR count). The van der Waals surface area contributed by atoms with Crippen LogP contribution in [-0.4, -0.2) is 46.1 Å². The number of hydrogen-bond acceptors (Lipinski definition) is 6. The third-order valence-electron chi connectivity index (χ3n) is 4.07. The van der Waals surface area contributed by atoms with Gasteiger partial charge in [-0.2, -0.15) is 4.39 Å². The van der Waals surface area contributed by atoms with Crippen LogP contribution in [0, 0.1) is 5.95 Å². The Morgan fingerprint density at radius 1 is 0.913 bits per heavy atom. The largest absolute Gasteiger partial charge is 0.368 e. The van der Waals surface area contributed by atoms with Gasteiger partial charge in [-0.3, -0.25) is 4.98 Å². The summed E-state index contributed by atoms with van der Waals surface area (Å²) in [6, 6.07) is 5.25. The first-order chi connectivity index (χ1) is 11.3. The average molecular weight is 310 g/mol. The van der Waals surface area contributed by atoms with Crippen LogP contribution in [0.4, 0.5) is 15.9 Å². The van der Waals surface area contributed by atoms with Crippen molar-refractivity contribution in [2.75, 3.05) is 36.0 Å². The normalized spacial score (nSPS) is 15.2. The van der Waals surface area contributed by atoms with Crippen molar-refractivity contribution < 1.29 is 4.39 Å². The van der Waals surface area contributed by atoms with E-state index in [2.05, 4.69) is 29.7 Å². The molecule has 1 fully saturated rings. The topological polar surface area (TPSA) is 58.0 Å². The lowest BCUT2D eigenvalue weighted by Crippen LogP contribution is -2.47. The van der Waals surface area contributed by atoms with E-state index < -0.39 is 5.95 Å². The van der Waals surface area contributed by atoms with Crippen LogP contribution in [-0.2, 0) is 0 Å². The van der Waals surface area contributed by atoms with E-state index in [0.717, 1.165) is 48.6 Å². The highest BCUT2D eigenvalue weighted by molar-refractivity contribution is 5.88. The quantitative estimate of drug-likeness (QED) is 0.674. The predicted octanol–water partition coefficient (Wildman–Crippen LogP) is 1.89. The highest BCUT2D eigenvalue weighted by atomic mass is 19.1. The summed E-state index contributed by atoms with van der Waals surface area (Å²) in [5, 5.41) is 1.01. The van der Waals surface area contributed by atoms with E-state index in [-0.39, 0.29) is 0 Å². The van der Waals surface area contributed by atoms with Crippen LogP contribution >= 0.6 is 0 Å². The number of rotatable bonds is 2. The number of aromatic nitrogens is 4. The Morgan fingerprint density at radius 3 is 2.57 bits per heavy atom. The lowest BCUT2D eigenvalue weighted by Gasteiger charge is -2.36. The molecule has 0 amide bonds. The lowest BCUT2D eigenvalue weighted by molar-refractivity contribution is 0.580. The van der Waals surface area contributed by atoms with Crippen molar-refractivity contribution in [3.8, 4) is 0 Å². The first kappa shape index (κ1) is 13.8. The molecule has 0 atom stereocenters. The molecule has 4 heterocycles. The number of hydrogen-bond donors (Lipinski definition) is 0. The molecule has 23 heavy (non-hydrogen) atoms. The molecule has 1 saturated heterocycles. The second-order valence-electron chi connectivity index (χ2n) is 5.40. The number of halogens is 1. The SMILES string of the molecule is Fc1cc(N2CCN(c3ncnc4cnccc34)CC2)ccn1. The minimum Gasteiger partial charge on any atom is -0.368 e. The summed E-state index contributed by atoms with van der Waals surface area (Å²) in [7, 11) is 0. The summed E-state index contributed by atoms with van der Waals surface area (Å²) in [6.07, 6.45) is 6.58. The maximum atomic E-state index is 13.3. The highest BCUT2D eigenvalue weighted by Crippen LogP contribution is 2.24. The van der Waals surface area contributed by atoms with Gasteiger partial charge in [0, 0.05) is 55.7 Å². The fourth-order valence-electron chi connectivity index (χ4n) is 2.91. The molecular weight excluding hydrogens is 295 g/mol. The summed E-state index contributed by atoms with van der Waals surface area (Å²) >= 11 is 0. The van der Waals surface area contributed by atoms with Crippen LogP contribution in [0.3, 0.4) is 0 Å². The molecule has 0 radical (unpaired) electrons. The molecule has 116 valence electrons. The third-order valence-corrected chi connectivity index (χ3v) is 4.07. The van der Waals surface area contributed by atoms with E-state index in [1.54, 1.807) is 18.7 Å². The predicted molar refractivity (Wildman–Crippen MR) is 86.0 cm³/mol. The van der Waals surface area contributed by atoms with Crippen LogP contribution in [0.5, 0.6) is 0 Å².